The zero-order valence-corrected chi connectivity index (χ0v) is 11.5. The van der Waals surface area contributed by atoms with Gasteiger partial charge >= 0.3 is 0 Å². The van der Waals surface area contributed by atoms with Gasteiger partial charge in [-0.2, -0.15) is 0 Å². The van der Waals surface area contributed by atoms with Gasteiger partial charge in [-0.25, -0.2) is 4.39 Å². The number of fused-ring (bicyclic) bond motifs is 1. The Bertz CT molecular complexity index is 758. The Kier molecular flexibility index (Phi) is 3.56. The molecular weight excluding hydrogens is 271 g/mol. The molecule has 20 heavy (non-hydrogen) atoms. The van der Waals surface area contributed by atoms with Crippen LogP contribution in [0.2, 0.25) is 0 Å². The van der Waals surface area contributed by atoms with Crippen LogP contribution in [0.4, 0.5) is 10.1 Å². The van der Waals surface area contributed by atoms with Crippen molar-refractivity contribution in [3.63, 3.8) is 0 Å². The molecule has 0 atom stereocenters. The van der Waals surface area contributed by atoms with Gasteiger partial charge < -0.3 is 5.73 Å². The van der Waals surface area contributed by atoms with Crippen molar-refractivity contribution in [2.24, 2.45) is 0 Å². The van der Waals surface area contributed by atoms with E-state index in [4.69, 9.17) is 5.73 Å². The van der Waals surface area contributed by atoms with E-state index in [1.807, 2.05) is 30.3 Å². The van der Waals surface area contributed by atoms with Crippen molar-refractivity contribution < 1.29 is 4.39 Å². The molecule has 3 aromatic rings. The molecule has 0 aliphatic carbocycles. The predicted molar refractivity (Wildman–Crippen MR) is 82.1 cm³/mol. The minimum atomic E-state index is -0.310. The molecule has 0 fully saturated rings. The van der Waals surface area contributed by atoms with Crippen LogP contribution < -0.4 is 5.73 Å². The molecule has 0 aliphatic rings. The Hall–Kier alpha value is -2.07. The van der Waals surface area contributed by atoms with Crippen LogP contribution in [0.1, 0.15) is 5.69 Å². The molecule has 2 aromatic carbocycles. The van der Waals surface area contributed by atoms with E-state index in [-0.39, 0.29) is 5.82 Å². The molecule has 1 aromatic heterocycles. The molecule has 0 saturated carbocycles. The van der Waals surface area contributed by atoms with E-state index < -0.39 is 0 Å². The first kappa shape index (κ1) is 12.9. The topological polar surface area (TPSA) is 38.9 Å². The van der Waals surface area contributed by atoms with Crippen molar-refractivity contribution >= 4 is 28.4 Å². The van der Waals surface area contributed by atoms with Crippen molar-refractivity contribution in [1.29, 1.82) is 0 Å². The van der Waals surface area contributed by atoms with Crippen LogP contribution in [0, 0.1) is 5.82 Å². The van der Waals surface area contributed by atoms with Gasteiger partial charge in [0.25, 0.3) is 0 Å². The highest BCUT2D eigenvalue weighted by Crippen LogP contribution is 2.28. The van der Waals surface area contributed by atoms with E-state index in [0.29, 0.717) is 11.4 Å². The Morgan fingerprint density at radius 2 is 1.90 bits per heavy atom. The van der Waals surface area contributed by atoms with E-state index in [1.54, 1.807) is 17.8 Å². The molecule has 2 nitrogen and oxygen atoms in total. The van der Waals surface area contributed by atoms with E-state index in [9.17, 15) is 4.39 Å². The van der Waals surface area contributed by atoms with Crippen molar-refractivity contribution in [2.75, 3.05) is 5.73 Å². The predicted octanol–water partition coefficient (Wildman–Crippen LogP) is 4.25. The maximum atomic E-state index is 13.0. The second-order valence-electron chi connectivity index (χ2n) is 4.47. The molecule has 0 saturated heterocycles. The average Bonchev–Trinajstić information content (AvgIpc) is 2.46. The third kappa shape index (κ3) is 2.75. The number of nitrogens with zero attached hydrogens (tertiary/aromatic N) is 1. The summed E-state index contributed by atoms with van der Waals surface area (Å²) in [5.74, 6) is 0.399. The zero-order valence-electron chi connectivity index (χ0n) is 10.7. The normalized spacial score (nSPS) is 10.8. The number of benzene rings is 2. The number of hydrogen-bond donors (Lipinski definition) is 1. The van der Waals surface area contributed by atoms with Gasteiger partial charge in [0.1, 0.15) is 5.82 Å². The van der Waals surface area contributed by atoms with Crippen LogP contribution in [0.15, 0.2) is 59.5 Å². The number of para-hydroxylation sites is 1. The summed E-state index contributed by atoms with van der Waals surface area (Å²) in [4.78, 5) is 5.48. The quantitative estimate of drug-likeness (QED) is 0.577. The molecule has 2 N–H and O–H groups in total. The summed E-state index contributed by atoms with van der Waals surface area (Å²) >= 11 is 1.56. The summed E-state index contributed by atoms with van der Waals surface area (Å²) in [7, 11) is 0. The highest BCUT2D eigenvalue weighted by atomic mass is 32.2. The van der Waals surface area contributed by atoms with Gasteiger partial charge in [-0.05, 0) is 30.3 Å². The smallest absolute Gasteiger partial charge is 0.125 e. The third-order valence-corrected chi connectivity index (χ3v) is 4.13. The SMILES string of the molecule is Nc1cc(F)ccc1SCc1ccc2ccccc2n1. The first-order valence-corrected chi connectivity index (χ1v) is 7.23. The van der Waals surface area contributed by atoms with Crippen molar-refractivity contribution in [1.82, 2.24) is 4.98 Å². The minimum absolute atomic E-state index is 0.310. The first-order chi connectivity index (χ1) is 9.72. The van der Waals surface area contributed by atoms with Gasteiger partial charge in [-0.3, -0.25) is 4.98 Å². The fourth-order valence-electron chi connectivity index (χ4n) is 1.99. The zero-order chi connectivity index (χ0) is 13.9. The molecule has 0 spiro atoms. The number of rotatable bonds is 3. The number of nitrogen functional groups attached to an aromatic ring is 1. The molecule has 4 heteroatoms. The summed E-state index contributed by atoms with van der Waals surface area (Å²) < 4.78 is 13.0. The summed E-state index contributed by atoms with van der Waals surface area (Å²) in [6.07, 6.45) is 0. The second-order valence-corrected chi connectivity index (χ2v) is 5.48. The molecule has 0 aliphatic heterocycles. The van der Waals surface area contributed by atoms with E-state index >= 15 is 0 Å². The number of nitrogens with two attached hydrogens (primary N) is 1. The third-order valence-electron chi connectivity index (χ3n) is 3.00. The molecule has 3 rings (SSSR count). The minimum Gasteiger partial charge on any atom is -0.398 e. The van der Waals surface area contributed by atoms with Crippen molar-refractivity contribution in [3.8, 4) is 0 Å². The maximum Gasteiger partial charge on any atom is 0.125 e. The summed E-state index contributed by atoms with van der Waals surface area (Å²) in [6.45, 7) is 0. The molecular formula is C16H13FN2S. The van der Waals surface area contributed by atoms with Gasteiger partial charge in [-0.1, -0.05) is 24.3 Å². The van der Waals surface area contributed by atoms with E-state index in [2.05, 4.69) is 11.1 Å². The molecule has 0 bridgehead atoms. The molecule has 0 unspecified atom stereocenters. The largest absolute Gasteiger partial charge is 0.398 e. The van der Waals surface area contributed by atoms with Crippen LogP contribution in [-0.2, 0) is 5.75 Å². The summed E-state index contributed by atoms with van der Waals surface area (Å²) in [5, 5.41) is 1.13. The molecule has 0 radical (unpaired) electrons. The van der Waals surface area contributed by atoms with Crippen molar-refractivity contribution in [2.45, 2.75) is 10.6 Å². The maximum absolute atomic E-state index is 13.0. The molecule has 1 heterocycles. The van der Waals surface area contributed by atoms with Crippen LogP contribution >= 0.6 is 11.8 Å². The summed E-state index contributed by atoms with van der Waals surface area (Å²) in [6, 6.07) is 16.6. The van der Waals surface area contributed by atoms with Gasteiger partial charge in [-0.15, -0.1) is 11.8 Å². The summed E-state index contributed by atoms with van der Waals surface area (Å²) in [5.41, 5.74) is 8.23. The molecule has 0 amide bonds. The monoisotopic (exact) mass is 284 g/mol. The van der Waals surface area contributed by atoms with Gasteiger partial charge in [0.15, 0.2) is 0 Å². The Balaban J connectivity index is 1.79. The lowest BCUT2D eigenvalue weighted by molar-refractivity contribution is 0.627. The fourth-order valence-corrected chi connectivity index (χ4v) is 2.85. The highest BCUT2D eigenvalue weighted by molar-refractivity contribution is 7.98. The lowest BCUT2D eigenvalue weighted by atomic mass is 10.2. The number of aromatic nitrogens is 1. The van der Waals surface area contributed by atoms with Crippen LogP contribution in [-0.4, -0.2) is 4.98 Å². The number of pyridine rings is 1. The number of hydrogen-bond acceptors (Lipinski definition) is 3. The molecule has 100 valence electrons. The van der Waals surface area contributed by atoms with Gasteiger partial charge in [0, 0.05) is 21.7 Å². The number of anilines is 1. The van der Waals surface area contributed by atoms with Crippen LogP contribution in [0.25, 0.3) is 10.9 Å². The van der Waals surface area contributed by atoms with E-state index in [1.165, 1.54) is 12.1 Å². The van der Waals surface area contributed by atoms with Crippen LogP contribution in [0.5, 0.6) is 0 Å². The Morgan fingerprint density at radius 1 is 1.05 bits per heavy atom. The lowest BCUT2D eigenvalue weighted by Crippen LogP contribution is -1.92. The Morgan fingerprint density at radius 3 is 2.75 bits per heavy atom. The lowest BCUT2D eigenvalue weighted by Gasteiger charge is -2.06. The average molecular weight is 284 g/mol. The first-order valence-electron chi connectivity index (χ1n) is 6.25. The fraction of sp³-hybridized carbons (Fsp3) is 0.0625. The van der Waals surface area contributed by atoms with Gasteiger partial charge in [0.2, 0.25) is 0 Å². The standard InChI is InChI=1S/C16H13FN2S/c17-12-6-8-16(14(18)9-12)20-10-13-7-5-11-3-1-2-4-15(11)19-13/h1-9H,10,18H2. The Labute approximate surface area is 120 Å². The highest BCUT2D eigenvalue weighted by Gasteiger charge is 2.04. The van der Waals surface area contributed by atoms with E-state index in [0.717, 1.165) is 21.5 Å². The second kappa shape index (κ2) is 5.51. The van der Waals surface area contributed by atoms with Crippen LogP contribution in [0.3, 0.4) is 0 Å². The number of halogens is 1. The van der Waals surface area contributed by atoms with Gasteiger partial charge in [0.05, 0.1) is 11.2 Å². The number of thioether (sulfide) groups is 1. The van der Waals surface area contributed by atoms with Crippen molar-refractivity contribution in [3.05, 3.63) is 66.1 Å².